The third-order valence-electron chi connectivity index (χ3n) is 14.9. The summed E-state index contributed by atoms with van der Waals surface area (Å²) in [6.45, 7) is 14.2. The SMILES string of the molecule is Cc1nc(C)nc(-c2ccc3c(c2)c2cc(-c4nc(C)nc(C)n4)ccc2n3-c2ccc(-c3ccc(C(F)(F)F)cc3C(F)(F)F)c(-c3cc(C#N)ccc3-n3c4ccc(-c5nc(C)nc(C)n5)cc4c4cc(-c5nc(C)nc(C)n5)ccc43)c2)n1. The Morgan fingerprint density at radius 3 is 1.07 bits per heavy atom. The van der Waals surface area contributed by atoms with Gasteiger partial charge in [0, 0.05) is 55.0 Å². The fourth-order valence-electron chi connectivity index (χ4n) is 11.5. The Labute approximate surface area is 485 Å². The molecule has 86 heavy (non-hydrogen) atoms. The van der Waals surface area contributed by atoms with E-state index in [1.165, 1.54) is 6.07 Å². The van der Waals surface area contributed by atoms with Crippen LogP contribution in [0.4, 0.5) is 26.3 Å². The Hall–Kier alpha value is -10.8. The van der Waals surface area contributed by atoms with Crippen molar-refractivity contribution in [1.29, 1.82) is 5.26 Å². The Morgan fingerprint density at radius 2 is 0.709 bits per heavy atom. The van der Waals surface area contributed by atoms with Gasteiger partial charge in [-0.15, -0.1) is 0 Å². The van der Waals surface area contributed by atoms with E-state index in [1.54, 1.807) is 85.7 Å². The van der Waals surface area contributed by atoms with Crippen LogP contribution in [0.1, 0.15) is 63.3 Å². The lowest BCUT2D eigenvalue weighted by Crippen LogP contribution is -2.12. The highest BCUT2D eigenvalue weighted by Crippen LogP contribution is 2.48. The molecule has 422 valence electrons. The molecular formula is C65H45F6N15. The van der Waals surface area contributed by atoms with E-state index < -0.39 is 29.0 Å². The molecule has 0 aliphatic rings. The maximum Gasteiger partial charge on any atom is 0.417 e. The summed E-state index contributed by atoms with van der Waals surface area (Å²) in [5, 5.41) is 13.6. The molecule has 0 unspecified atom stereocenters. The fourth-order valence-corrected chi connectivity index (χ4v) is 11.5. The Morgan fingerprint density at radius 1 is 0.337 bits per heavy atom. The van der Waals surface area contributed by atoms with Gasteiger partial charge in [-0.25, -0.2) is 59.8 Å². The number of nitrogens with zero attached hydrogens (tertiary/aromatic N) is 15. The van der Waals surface area contributed by atoms with Crippen LogP contribution in [0.2, 0.25) is 0 Å². The van der Waals surface area contributed by atoms with Crippen LogP contribution in [0.25, 0.3) is 123 Å². The molecule has 0 aliphatic heterocycles. The van der Waals surface area contributed by atoms with Crippen molar-refractivity contribution in [3.8, 4) is 85.2 Å². The summed E-state index contributed by atoms with van der Waals surface area (Å²) in [6.07, 6.45) is -10.4. The van der Waals surface area contributed by atoms with Crippen molar-refractivity contribution in [2.75, 3.05) is 0 Å². The Kier molecular flexibility index (Phi) is 12.8. The molecule has 0 bridgehead atoms. The van der Waals surface area contributed by atoms with Gasteiger partial charge in [-0.2, -0.15) is 31.6 Å². The van der Waals surface area contributed by atoms with Gasteiger partial charge in [-0.05, 0) is 187 Å². The molecule has 0 saturated carbocycles. The molecule has 15 nitrogen and oxygen atoms in total. The molecule has 0 radical (unpaired) electrons. The summed E-state index contributed by atoms with van der Waals surface area (Å²) in [5.74, 6) is 5.91. The maximum absolute atomic E-state index is 15.6. The van der Waals surface area contributed by atoms with Crippen LogP contribution in [0.5, 0.6) is 0 Å². The molecule has 6 heterocycles. The minimum Gasteiger partial charge on any atom is -0.309 e. The first-order valence-corrected chi connectivity index (χ1v) is 27.0. The van der Waals surface area contributed by atoms with Gasteiger partial charge >= 0.3 is 12.4 Å². The lowest BCUT2D eigenvalue weighted by molar-refractivity contribution is -0.142. The van der Waals surface area contributed by atoms with Crippen molar-refractivity contribution in [3.05, 3.63) is 191 Å². The smallest absolute Gasteiger partial charge is 0.309 e. The molecule has 21 heteroatoms. The van der Waals surface area contributed by atoms with E-state index in [-0.39, 0.29) is 28.3 Å². The standard InChI is InChI=1S/C65H45F6N15/c1-31-73-32(2)78-60(77-31)40-10-19-55-50(24-40)51-25-41(61-79-33(3)74-34(4)80-61)11-20-56(51)85(55)45-15-17-46(47-16-14-44(64(66,67)68)28-54(47)65(69,70)71)48(29-45)49-23-39(30-72)9-18-57(49)86-58-21-12-42(62-81-35(5)75-36(6)82-62)26-52(58)53-27-43(13-22-59(53)86)63-83-37(7)76-38(8)84-63/h9-29H,1-8H3. The topological polar surface area (TPSA) is 188 Å². The second-order valence-electron chi connectivity index (χ2n) is 20.9. The number of rotatable bonds is 8. The predicted octanol–water partition coefficient (Wildman–Crippen LogP) is 15.0. The minimum absolute atomic E-state index is 0.0656. The van der Waals surface area contributed by atoms with Crippen LogP contribution in [0, 0.1) is 66.7 Å². The first-order chi connectivity index (χ1) is 41.0. The van der Waals surface area contributed by atoms with Crippen LogP contribution in [0.3, 0.4) is 0 Å². The number of aromatic nitrogens is 14. The zero-order chi connectivity index (χ0) is 60.2. The first-order valence-electron chi connectivity index (χ1n) is 27.0. The third-order valence-corrected chi connectivity index (χ3v) is 14.9. The zero-order valence-corrected chi connectivity index (χ0v) is 47.1. The van der Waals surface area contributed by atoms with Crippen LogP contribution < -0.4 is 0 Å². The van der Waals surface area contributed by atoms with Crippen LogP contribution in [0.15, 0.2) is 127 Å². The van der Waals surface area contributed by atoms with Gasteiger partial charge in [-0.3, -0.25) is 0 Å². The average Bonchev–Trinajstić information content (AvgIpc) is 1.57. The number of aryl methyl sites for hydroxylation is 8. The Bertz CT molecular complexity index is 4760. The van der Waals surface area contributed by atoms with Crippen molar-refractivity contribution < 1.29 is 26.3 Å². The molecule has 0 spiro atoms. The number of hydrogen-bond acceptors (Lipinski definition) is 13. The molecule has 0 fully saturated rings. The van der Waals surface area contributed by atoms with E-state index in [0.29, 0.717) is 132 Å². The van der Waals surface area contributed by atoms with Crippen LogP contribution in [-0.4, -0.2) is 68.9 Å². The van der Waals surface area contributed by atoms with Crippen molar-refractivity contribution in [2.45, 2.75) is 67.7 Å². The summed E-state index contributed by atoms with van der Waals surface area (Å²) < 4.78 is 94.0. The summed E-state index contributed by atoms with van der Waals surface area (Å²) in [6, 6.07) is 36.5. The zero-order valence-electron chi connectivity index (χ0n) is 47.1. The summed E-state index contributed by atoms with van der Waals surface area (Å²) in [4.78, 5) is 54.8. The Balaban J connectivity index is 1.12. The molecule has 13 aromatic rings. The molecular weight excluding hydrogens is 1100 g/mol. The predicted molar refractivity (Wildman–Crippen MR) is 314 cm³/mol. The summed E-state index contributed by atoms with van der Waals surface area (Å²) in [7, 11) is 0. The van der Waals surface area contributed by atoms with Gasteiger partial charge in [-0.1, -0.05) is 12.1 Å². The van der Waals surface area contributed by atoms with Crippen LogP contribution in [-0.2, 0) is 12.4 Å². The van der Waals surface area contributed by atoms with Gasteiger partial charge in [0.15, 0.2) is 23.3 Å². The number of hydrogen-bond donors (Lipinski definition) is 0. The minimum atomic E-state index is -5.26. The van der Waals surface area contributed by atoms with E-state index in [4.69, 9.17) is 0 Å². The number of nitriles is 1. The van der Waals surface area contributed by atoms with Gasteiger partial charge < -0.3 is 9.13 Å². The molecule has 0 atom stereocenters. The summed E-state index contributed by atoms with van der Waals surface area (Å²) in [5.41, 5.74) is 3.22. The van der Waals surface area contributed by atoms with Crippen molar-refractivity contribution >= 4 is 43.6 Å². The maximum atomic E-state index is 15.6. The quantitative estimate of drug-likeness (QED) is 0.131. The number of alkyl halides is 6. The molecule has 0 saturated heterocycles. The number of fused-ring (bicyclic) bond motifs is 6. The lowest BCUT2D eigenvalue weighted by atomic mass is 9.88. The molecule has 6 aromatic heterocycles. The number of halogens is 6. The highest BCUT2D eigenvalue weighted by atomic mass is 19.4. The van der Waals surface area contributed by atoms with Crippen molar-refractivity contribution in [1.82, 2.24) is 68.9 Å². The average molecular weight is 1150 g/mol. The number of benzene rings is 7. The molecule has 7 aromatic carbocycles. The highest BCUT2D eigenvalue weighted by Gasteiger charge is 2.39. The van der Waals surface area contributed by atoms with E-state index in [9.17, 15) is 18.4 Å². The molecule has 0 N–H and O–H groups in total. The monoisotopic (exact) mass is 1150 g/mol. The van der Waals surface area contributed by atoms with E-state index >= 15 is 13.2 Å². The molecule has 0 amide bonds. The van der Waals surface area contributed by atoms with Crippen molar-refractivity contribution in [3.63, 3.8) is 0 Å². The van der Waals surface area contributed by atoms with E-state index in [1.807, 2.05) is 81.9 Å². The fraction of sp³-hybridized carbons (Fsp3) is 0.154. The lowest BCUT2D eigenvalue weighted by Gasteiger charge is -2.22. The first kappa shape index (κ1) is 54.5. The van der Waals surface area contributed by atoms with Crippen LogP contribution >= 0.6 is 0 Å². The highest BCUT2D eigenvalue weighted by molar-refractivity contribution is 6.13. The van der Waals surface area contributed by atoms with E-state index in [2.05, 4.69) is 65.9 Å². The largest absolute Gasteiger partial charge is 0.417 e. The van der Waals surface area contributed by atoms with E-state index in [0.717, 1.165) is 27.6 Å². The van der Waals surface area contributed by atoms with Gasteiger partial charge in [0.2, 0.25) is 0 Å². The molecule has 0 aliphatic carbocycles. The van der Waals surface area contributed by atoms with Gasteiger partial charge in [0.25, 0.3) is 0 Å². The summed E-state index contributed by atoms with van der Waals surface area (Å²) >= 11 is 0. The van der Waals surface area contributed by atoms with Gasteiger partial charge in [0.1, 0.15) is 46.6 Å². The van der Waals surface area contributed by atoms with Gasteiger partial charge in [0.05, 0.1) is 50.5 Å². The normalized spacial score (nSPS) is 12.1. The molecule has 13 rings (SSSR count). The third kappa shape index (κ3) is 9.73. The van der Waals surface area contributed by atoms with Crippen molar-refractivity contribution in [2.24, 2.45) is 0 Å². The second-order valence-corrected chi connectivity index (χ2v) is 20.9. The second kappa shape index (κ2) is 20.3.